The Morgan fingerprint density at radius 2 is 0.434 bits per heavy atom. The Morgan fingerprint density at radius 3 is 0.675 bits per heavy atom. The largest absolute Gasteiger partial charge is 0.462 e. The monoisotopic (exact) mass is 1170 g/mol. The number of carbonyl (C=O) groups is 3. The zero-order valence-corrected chi connectivity index (χ0v) is 56.2. The number of allylic oxidation sites excluding steroid dienone is 6. The summed E-state index contributed by atoms with van der Waals surface area (Å²) >= 11 is 0. The van der Waals surface area contributed by atoms with Crippen LogP contribution in [0.2, 0.25) is 0 Å². The second kappa shape index (κ2) is 72.1. The third kappa shape index (κ3) is 70.3. The number of ether oxygens (including phenoxy) is 3. The molecule has 6 heteroatoms. The normalized spacial score (nSPS) is 12.2. The minimum Gasteiger partial charge on any atom is -0.462 e. The van der Waals surface area contributed by atoms with Gasteiger partial charge in [-0.2, -0.15) is 0 Å². The van der Waals surface area contributed by atoms with E-state index in [0.717, 1.165) is 70.6 Å². The van der Waals surface area contributed by atoms with E-state index in [4.69, 9.17) is 14.2 Å². The average Bonchev–Trinajstić information content (AvgIpc) is 3.50. The van der Waals surface area contributed by atoms with Crippen LogP contribution in [0.3, 0.4) is 0 Å². The molecule has 0 fully saturated rings. The van der Waals surface area contributed by atoms with Crippen LogP contribution < -0.4 is 0 Å². The molecule has 0 aromatic carbocycles. The number of esters is 3. The second-order valence-electron chi connectivity index (χ2n) is 25.6. The molecule has 0 saturated carbocycles. The van der Waals surface area contributed by atoms with E-state index in [1.807, 2.05) is 0 Å². The summed E-state index contributed by atoms with van der Waals surface area (Å²) in [4.78, 5) is 38.6. The van der Waals surface area contributed by atoms with Crippen molar-refractivity contribution in [2.75, 3.05) is 13.2 Å². The first kappa shape index (κ1) is 80.6. The van der Waals surface area contributed by atoms with Gasteiger partial charge in [0.2, 0.25) is 0 Å². The predicted octanol–water partition coefficient (Wildman–Crippen LogP) is 25.9. The van der Waals surface area contributed by atoms with Gasteiger partial charge in [0.25, 0.3) is 0 Å². The minimum absolute atomic E-state index is 0.0654. The Labute approximate surface area is 518 Å². The summed E-state index contributed by atoms with van der Waals surface area (Å²) in [5, 5.41) is 0. The fourth-order valence-electron chi connectivity index (χ4n) is 11.5. The van der Waals surface area contributed by atoms with Crippen LogP contribution in [-0.2, 0) is 28.6 Å². The number of carbonyl (C=O) groups excluding carboxylic acids is 3. The lowest BCUT2D eigenvalue weighted by atomic mass is 10.0. The molecule has 0 aliphatic carbocycles. The molecule has 0 rings (SSSR count). The highest BCUT2D eigenvalue weighted by Crippen LogP contribution is 2.19. The maximum absolute atomic E-state index is 13.0. The van der Waals surface area contributed by atoms with Gasteiger partial charge in [0.1, 0.15) is 13.2 Å². The van der Waals surface area contributed by atoms with Crippen molar-refractivity contribution in [1.29, 1.82) is 0 Å². The quantitative estimate of drug-likeness (QED) is 0.0261. The van der Waals surface area contributed by atoms with E-state index in [-0.39, 0.29) is 31.1 Å². The van der Waals surface area contributed by atoms with Gasteiger partial charge in [-0.3, -0.25) is 14.4 Å². The van der Waals surface area contributed by atoms with Gasteiger partial charge in [0.15, 0.2) is 6.10 Å². The smallest absolute Gasteiger partial charge is 0.306 e. The van der Waals surface area contributed by atoms with Crippen LogP contribution in [0.15, 0.2) is 36.5 Å². The molecule has 1 unspecified atom stereocenters. The first-order chi connectivity index (χ1) is 41.0. The molecule has 83 heavy (non-hydrogen) atoms. The maximum Gasteiger partial charge on any atom is 0.306 e. The van der Waals surface area contributed by atoms with Crippen LogP contribution in [0.5, 0.6) is 0 Å². The molecule has 0 spiro atoms. The van der Waals surface area contributed by atoms with Crippen molar-refractivity contribution in [3.05, 3.63) is 36.5 Å². The van der Waals surface area contributed by atoms with E-state index in [1.54, 1.807) is 0 Å². The van der Waals surface area contributed by atoms with Crippen LogP contribution in [-0.4, -0.2) is 37.2 Å². The summed E-state index contributed by atoms with van der Waals surface area (Å²) in [5.74, 6) is -0.831. The Morgan fingerprint density at radius 1 is 0.241 bits per heavy atom. The molecule has 488 valence electrons. The highest BCUT2D eigenvalue weighted by Gasteiger charge is 2.20. The molecule has 0 aromatic rings. The number of hydrogen-bond donors (Lipinski definition) is 0. The Kier molecular flexibility index (Phi) is 70.0. The van der Waals surface area contributed by atoms with Crippen molar-refractivity contribution < 1.29 is 28.6 Å². The molecule has 1 atom stereocenters. The molecular formula is C77H144O6. The van der Waals surface area contributed by atoms with E-state index in [1.165, 1.54) is 308 Å². The lowest BCUT2D eigenvalue weighted by Crippen LogP contribution is -2.30. The van der Waals surface area contributed by atoms with Crippen LogP contribution in [0, 0.1) is 0 Å². The second-order valence-corrected chi connectivity index (χ2v) is 25.6. The number of hydrogen-bond acceptors (Lipinski definition) is 6. The summed E-state index contributed by atoms with van der Waals surface area (Å²) in [5.41, 5.74) is 0. The van der Waals surface area contributed by atoms with Crippen molar-refractivity contribution in [1.82, 2.24) is 0 Å². The molecule has 0 N–H and O–H groups in total. The van der Waals surface area contributed by atoms with Crippen molar-refractivity contribution in [2.45, 2.75) is 425 Å². The molecular weight excluding hydrogens is 1020 g/mol. The van der Waals surface area contributed by atoms with Crippen molar-refractivity contribution in [3.63, 3.8) is 0 Å². The molecule has 0 aliphatic heterocycles. The lowest BCUT2D eigenvalue weighted by molar-refractivity contribution is -0.167. The van der Waals surface area contributed by atoms with Crippen molar-refractivity contribution >= 4 is 17.9 Å². The van der Waals surface area contributed by atoms with E-state index in [9.17, 15) is 14.4 Å². The standard InChI is InChI=1S/C77H144O6/c1-4-7-10-13-16-19-22-25-28-31-34-35-36-37-38-39-40-41-44-46-49-52-55-58-61-64-67-70-76(79)82-73-74(83-77(80)71-68-65-62-59-56-53-50-47-43-33-30-27-24-21-18-15-12-9-6-3)72-81-75(78)69-66-63-60-57-54-51-48-45-42-32-29-26-23-20-17-14-11-8-5-2/h22,25,31,34,36-37,74H,4-21,23-24,26-30,32-33,35,38-73H2,1-3H3/b25-22-,34-31-,37-36-. The number of rotatable bonds is 70. The van der Waals surface area contributed by atoms with Crippen LogP contribution in [0.25, 0.3) is 0 Å². The van der Waals surface area contributed by atoms with Crippen molar-refractivity contribution in [2.24, 2.45) is 0 Å². The van der Waals surface area contributed by atoms with Gasteiger partial charge in [-0.1, -0.05) is 378 Å². The Hall–Kier alpha value is -2.37. The van der Waals surface area contributed by atoms with Gasteiger partial charge >= 0.3 is 17.9 Å². The highest BCUT2D eigenvalue weighted by atomic mass is 16.6. The molecule has 0 bridgehead atoms. The average molecular weight is 1170 g/mol. The van der Waals surface area contributed by atoms with Crippen LogP contribution in [0.1, 0.15) is 419 Å². The zero-order valence-electron chi connectivity index (χ0n) is 56.2. The van der Waals surface area contributed by atoms with Crippen LogP contribution >= 0.6 is 0 Å². The Balaban J connectivity index is 4.28. The fourth-order valence-corrected chi connectivity index (χ4v) is 11.5. The summed E-state index contributed by atoms with van der Waals surface area (Å²) in [7, 11) is 0. The molecule has 0 heterocycles. The number of unbranched alkanes of at least 4 members (excludes halogenated alkanes) is 53. The Bertz CT molecular complexity index is 1380. The maximum atomic E-state index is 13.0. The summed E-state index contributed by atoms with van der Waals surface area (Å²) in [6, 6.07) is 0. The third-order valence-electron chi connectivity index (χ3n) is 17.1. The lowest BCUT2D eigenvalue weighted by Gasteiger charge is -2.18. The van der Waals surface area contributed by atoms with Gasteiger partial charge in [-0.15, -0.1) is 0 Å². The van der Waals surface area contributed by atoms with Gasteiger partial charge in [-0.05, 0) is 57.8 Å². The predicted molar refractivity (Wildman–Crippen MR) is 362 cm³/mol. The molecule has 0 aliphatic rings. The summed E-state index contributed by atoms with van der Waals surface area (Å²) < 4.78 is 17.1. The first-order valence-corrected chi connectivity index (χ1v) is 37.5. The molecule has 0 aromatic heterocycles. The van der Waals surface area contributed by atoms with Gasteiger partial charge in [-0.25, -0.2) is 0 Å². The van der Waals surface area contributed by atoms with E-state index < -0.39 is 6.10 Å². The summed E-state index contributed by atoms with van der Waals surface area (Å²) in [6.07, 6.45) is 90.3. The fraction of sp³-hybridized carbons (Fsp3) is 0.883. The highest BCUT2D eigenvalue weighted by molar-refractivity contribution is 5.71. The summed E-state index contributed by atoms with van der Waals surface area (Å²) in [6.45, 7) is 6.72. The van der Waals surface area contributed by atoms with Gasteiger partial charge in [0, 0.05) is 19.3 Å². The SMILES string of the molecule is CCCCCCC/C=C\C/C=C\C/C=C\CCCCCCCCCCCCCCC(=O)OCC(COC(=O)CCCCCCCCCCCCCCCCCCCCC)OC(=O)CCCCCCCCCCCCCCCCCCCCC. The molecule has 0 radical (unpaired) electrons. The zero-order chi connectivity index (χ0) is 59.9. The van der Waals surface area contributed by atoms with E-state index in [0.29, 0.717) is 19.3 Å². The third-order valence-corrected chi connectivity index (χ3v) is 17.1. The first-order valence-electron chi connectivity index (χ1n) is 37.5. The van der Waals surface area contributed by atoms with Crippen LogP contribution in [0.4, 0.5) is 0 Å². The molecule has 0 saturated heterocycles. The van der Waals surface area contributed by atoms with Gasteiger partial charge < -0.3 is 14.2 Å². The van der Waals surface area contributed by atoms with E-state index >= 15 is 0 Å². The van der Waals surface area contributed by atoms with E-state index in [2.05, 4.69) is 57.2 Å². The van der Waals surface area contributed by atoms with Gasteiger partial charge in [0.05, 0.1) is 0 Å². The topological polar surface area (TPSA) is 78.9 Å². The molecule has 0 amide bonds. The van der Waals surface area contributed by atoms with Crippen molar-refractivity contribution in [3.8, 4) is 0 Å². The molecule has 6 nitrogen and oxygen atoms in total. The minimum atomic E-state index is -0.770.